The van der Waals surface area contributed by atoms with Gasteiger partial charge in [0, 0.05) is 57.1 Å². The van der Waals surface area contributed by atoms with Gasteiger partial charge in [0.15, 0.2) is 0 Å². The summed E-state index contributed by atoms with van der Waals surface area (Å²) >= 11 is 0. The van der Waals surface area contributed by atoms with E-state index in [1.54, 1.807) is 11.6 Å². The molecule has 0 bridgehead atoms. The van der Waals surface area contributed by atoms with Crippen LogP contribution >= 0.6 is 0 Å². The highest BCUT2D eigenvalue weighted by atomic mass is 16.5. The summed E-state index contributed by atoms with van der Waals surface area (Å²) < 4.78 is 7.79. The van der Waals surface area contributed by atoms with Crippen LogP contribution < -0.4 is 20.1 Å². The van der Waals surface area contributed by atoms with Gasteiger partial charge in [-0.15, -0.1) is 0 Å². The number of benzene rings is 2. The molecule has 0 spiro atoms. The maximum absolute atomic E-state index is 12.8. The number of ether oxygens (including phenoxy) is 1. The van der Waals surface area contributed by atoms with Gasteiger partial charge in [-0.2, -0.15) is 5.26 Å². The molecule has 0 aliphatic carbocycles. The average molecular weight is 472 g/mol. The van der Waals surface area contributed by atoms with Gasteiger partial charge in [0.2, 0.25) is 5.91 Å². The van der Waals surface area contributed by atoms with Crippen LogP contribution in [0.3, 0.4) is 0 Å². The summed E-state index contributed by atoms with van der Waals surface area (Å²) in [6, 6.07) is 17.6. The van der Waals surface area contributed by atoms with E-state index in [-0.39, 0.29) is 23.1 Å². The highest BCUT2D eigenvalue weighted by molar-refractivity contribution is 5.96. The number of fused-ring (bicyclic) bond motifs is 1. The fourth-order valence-corrected chi connectivity index (χ4v) is 5.07. The first-order valence-electron chi connectivity index (χ1n) is 12.0. The SMILES string of the molecule is CN1CCN(c2ccc(OC3CCN(c4c(C#N)c(=O)n(C)c5ccccc45)CC3)cc2)C(=O)C1. The molecule has 3 aromatic rings. The number of hydrogen-bond donors (Lipinski definition) is 0. The maximum Gasteiger partial charge on any atom is 0.270 e. The Bertz CT molecular complexity index is 1350. The van der Waals surface area contributed by atoms with Crippen molar-refractivity contribution in [2.75, 3.05) is 49.6 Å². The zero-order chi connectivity index (χ0) is 24.5. The van der Waals surface area contributed by atoms with Gasteiger partial charge in [-0.05, 0) is 37.4 Å². The molecule has 0 radical (unpaired) electrons. The van der Waals surface area contributed by atoms with E-state index in [4.69, 9.17) is 4.74 Å². The van der Waals surface area contributed by atoms with E-state index in [2.05, 4.69) is 11.0 Å². The first-order valence-corrected chi connectivity index (χ1v) is 12.0. The Morgan fingerprint density at radius 1 is 0.943 bits per heavy atom. The van der Waals surface area contributed by atoms with Gasteiger partial charge >= 0.3 is 0 Å². The Kier molecular flexibility index (Phi) is 6.18. The van der Waals surface area contributed by atoms with Crippen LogP contribution in [0.15, 0.2) is 53.3 Å². The molecular formula is C27H29N5O3. The molecule has 0 atom stereocenters. The number of aromatic nitrogens is 1. The first kappa shape index (κ1) is 22.9. The van der Waals surface area contributed by atoms with E-state index in [1.165, 1.54) is 0 Å². The number of hydrogen-bond acceptors (Lipinski definition) is 6. The predicted molar refractivity (Wildman–Crippen MR) is 136 cm³/mol. The van der Waals surface area contributed by atoms with Gasteiger partial charge in [-0.1, -0.05) is 18.2 Å². The van der Waals surface area contributed by atoms with Crippen molar-refractivity contribution in [1.29, 1.82) is 5.26 Å². The number of carbonyl (C=O) groups excluding carboxylic acids is 1. The van der Waals surface area contributed by atoms with E-state index in [1.807, 2.05) is 65.4 Å². The standard InChI is InChI=1S/C27H29N5O3/c1-29-15-16-32(25(33)18-29)19-7-9-20(10-8-19)35-21-11-13-31(14-12-21)26-22-5-3-4-6-24(22)30(2)27(34)23(26)17-28/h3-10,21H,11-16,18H2,1-2H3. The second kappa shape index (κ2) is 9.43. The number of nitriles is 1. The molecule has 2 fully saturated rings. The number of pyridine rings is 1. The smallest absolute Gasteiger partial charge is 0.270 e. The molecule has 8 heteroatoms. The Morgan fingerprint density at radius 2 is 1.66 bits per heavy atom. The number of piperidine rings is 1. The molecule has 1 aromatic heterocycles. The van der Waals surface area contributed by atoms with Crippen LogP contribution in [0.4, 0.5) is 11.4 Å². The third kappa shape index (κ3) is 4.35. The molecule has 2 aromatic carbocycles. The van der Waals surface area contributed by atoms with Crippen LogP contribution in [-0.4, -0.2) is 61.2 Å². The van der Waals surface area contributed by atoms with Gasteiger partial charge < -0.3 is 19.1 Å². The number of rotatable bonds is 4. The van der Waals surface area contributed by atoms with Gasteiger partial charge in [0.25, 0.3) is 5.56 Å². The third-order valence-corrected chi connectivity index (χ3v) is 7.01. The number of carbonyl (C=O) groups is 1. The minimum absolute atomic E-state index is 0.0470. The fourth-order valence-electron chi connectivity index (χ4n) is 5.07. The highest BCUT2D eigenvalue weighted by Crippen LogP contribution is 2.31. The molecular weight excluding hydrogens is 442 g/mol. The zero-order valence-electron chi connectivity index (χ0n) is 20.1. The number of aryl methyl sites for hydroxylation is 1. The Morgan fingerprint density at radius 3 is 2.34 bits per heavy atom. The van der Waals surface area contributed by atoms with Gasteiger partial charge in [-0.25, -0.2) is 0 Å². The Hall–Kier alpha value is -3.83. The number of amides is 1. The molecule has 180 valence electrons. The van der Waals surface area contributed by atoms with Crippen molar-refractivity contribution in [2.24, 2.45) is 7.05 Å². The van der Waals surface area contributed by atoms with Crippen LogP contribution in [0.5, 0.6) is 5.75 Å². The largest absolute Gasteiger partial charge is 0.490 e. The summed E-state index contributed by atoms with van der Waals surface area (Å²) in [6.07, 6.45) is 1.62. The van der Waals surface area contributed by atoms with E-state index >= 15 is 0 Å². The number of piperazine rings is 1. The summed E-state index contributed by atoms with van der Waals surface area (Å²) in [4.78, 5) is 31.1. The number of nitrogens with zero attached hydrogens (tertiary/aromatic N) is 5. The minimum Gasteiger partial charge on any atom is -0.490 e. The lowest BCUT2D eigenvalue weighted by Gasteiger charge is -2.35. The fraction of sp³-hybridized carbons (Fsp3) is 0.370. The van der Waals surface area contributed by atoms with Crippen molar-refractivity contribution >= 4 is 28.2 Å². The van der Waals surface area contributed by atoms with E-state index < -0.39 is 0 Å². The van der Waals surface area contributed by atoms with E-state index in [0.29, 0.717) is 26.2 Å². The van der Waals surface area contributed by atoms with Crippen LogP contribution in [0.1, 0.15) is 18.4 Å². The third-order valence-electron chi connectivity index (χ3n) is 7.01. The molecule has 0 N–H and O–H groups in total. The normalized spacial score (nSPS) is 17.6. The molecule has 3 heterocycles. The lowest BCUT2D eigenvalue weighted by molar-refractivity contribution is -0.120. The van der Waals surface area contributed by atoms with Crippen LogP contribution in [0, 0.1) is 11.3 Å². The van der Waals surface area contributed by atoms with Crippen LogP contribution in [-0.2, 0) is 11.8 Å². The summed E-state index contributed by atoms with van der Waals surface area (Å²) in [6.45, 7) is 3.39. The summed E-state index contributed by atoms with van der Waals surface area (Å²) in [5, 5.41) is 10.7. The van der Waals surface area contributed by atoms with Crippen molar-refractivity contribution < 1.29 is 9.53 Å². The molecule has 0 saturated carbocycles. The molecule has 35 heavy (non-hydrogen) atoms. The van der Waals surface area contributed by atoms with Crippen molar-refractivity contribution in [3.63, 3.8) is 0 Å². The van der Waals surface area contributed by atoms with Crippen molar-refractivity contribution in [3.8, 4) is 11.8 Å². The monoisotopic (exact) mass is 471 g/mol. The Labute approximate surface area is 204 Å². The molecule has 8 nitrogen and oxygen atoms in total. The topological polar surface area (TPSA) is 81.8 Å². The molecule has 2 aliphatic heterocycles. The number of anilines is 2. The molecule has 0 unspecified atom stereocenters. The lowest BCUT2D eigenvalue weighted by atomic mass is 10.0. The second-order valence-electron chi connectivity index (χ2n) is 9.30. The van der Waals surface area contributed by atoms with Gasteiger partial charge in [-0.3, -0.25) is 14.5 Å². The highest BCUT2D eigenvalue weighted by Gasteiger charge is 2.27. The summed E-state index contributed by atoms with van der Waals surface area (Å²) in [5.74, 6) is 0.894. The zero-order valence-corrected chi connectivity index (χ0v) is 20.1. The second-order valence-corrected chi connectivity index (χ2v) is 9.30. The molecule has 1 amide bonds. The lowest BCUT2D eigenvalue weighted by Crippen LogP contribution is -2.48. The predicted octanol–water partition coefficient (Wildman–Crippen LogP) is 2.74. The summed E-state index contributed by atoms with van der Waals surface area (Å²) in [7, 11) is 3.67. The molecule has 5 rings (SSSR count). The van der Waals surface area contributed by atoms with E-state index in [9.17, 15) is 14.9 Å². The van der Waals surface area contributed by atoms with Crippen LogP contribution in [0.25, 0.3) is 10.9 Å². The minimum atomic E-state index is -0.265. The van der Waals surface area contributed by atoms with Gasteiger partial charge in [0.05, 0.1) is 17.7 Å². The molecule has 2 aliphatic rings. The van der Waals surface area contributed by atoms with Crippen molar-refractivity contribution in [1.82, 2.24) is 9.47 Å². The quantitative estimate of drug-likeness (QED) is 0.582. The van der Waals surface area contributed by atoms with Crippen molar-refractivity contribution in [3.05, 3.63) is 64.4 Å². The van der Waals surface area contributed by atoms with Crippen LogP contribution in [0.2, 0.25) is 0 Å². The van der Waals surface area contributed by atoms with Gasteiger partial charge in [0.1, 0.15) is 23.5 Å². The number of likely N-dealkylation sites (N-methyl/N-ethyl adjacent to an activating group) is 1. The number of para-hydroxylation sites is 1. The first-order chi connectivity index (χ1) is 17.0. The molecule has 2 saturated heterocycles. The van der Waals surface area contributed by atoms with Crippen molar-refractivity contribution in [2.45, 2.75) is 18.9 Å². The average Bonchev–Trinajstić information content (AvgIpc) is 2.87. The Balaban J connectivity index is 1.28. The summed E-state index contributed by atoms with van der Waals surface area (Å²) in [5.41, 5.74) is 2.37. The maximum atomic E-state index is 12.8. The van der Waals surface area contributed by atoms with E-state index in [0.717, 1.165) is 47.4 Å².